The van der Waals surface area contributed by atoms with E-state index in [1.54, 1.807) is 6.20 Å². The van der Waals surface area contributed by atoms with Crippen LogP contribution in [-0.2, 0) is 10.8 Å². The van der Waals surface area contributed by atoms with Crippen molar-refractivity contribution in [2.45, 2.75) is 169 Å². The minimum absolute atomic E-state index is 0.172. The molecular weight excluding hydrogens is 1320 g/mol. The predicted octanol–water partition coefficient (Wildman–Crippen LogP) is 27.3. The number of hydrogen-bond donors (Lipinski definition) is 0. The van der Waals surface area contributed by atoms with Crippen LogP contribution in [0.1, 0.15) is 157 Å². The lowest BCUT2D eigenvalue weighted by Gasteiger charge is -2.19. The molecule has 14 aromatic rings. The highest BCUT2D eigenvalue weighted by atomic mass is 14.7. The fourth-order valence-corrected chi connectivity index (χ4v) is 11.5. The Morgan fingerprint density at radius 3 is 1.09 bits per heavy atom. The Balaban J connectivity index is 0.000000199. The van der Waals surface area contributed by atoms with Gasteiger partial charge in [-0.15, -0.1) is 0 Å². The Labute approximate surface area is 655 Å². The molecule has 0 aliphatic rings. The maximum atomic E-state index is 4.35. The lowest BCUT2D eigenvalue weighted by Crippen LogP contribution is -2.14. The van der Waals surface area contributed by atoms with Crippen LogP contribution in [0.4, 0.5) is 0 Å². The average molecular weight is 1440 g/mol. The third-order valence-electron chi connectivity index (χ3n) is 18.3. The van der Waals surface area contributed by atoms with Gasteiger partial charge in [-0.2, -0.15) is 0 Å². The fraction of sp³-hybridized carbons (Fsp3) is 0.245. The van der Waals surface area contributed by atoms with Crippen LogP contribution in [0.3, 0.4) is 0 Å². The summed E-state index contributed by atoms with van der Waals surface area (Å²) in [6, 6.07) is 92.7. The van der Waals surface area contributed by atoms with E-state index >= 15 is 0 Å². The summed E-state index contributed by atoms with van der Waals surface area (Å²) in [5, 5.41) is 0. The first-order valence-electron chi connectivity index (χ1n) is 37.9. The second kappa shape index (κ2) is 44.0. The Hall–Kier alpha value is -11.4. The molecule has 14 rings (SSSR count). The number of nitrogens with zero attached hydrogens (tertiary/aromatic N) is 7. The SMILES string of the molecule is Cc1c(-c2ccccc2)cccc1-c1ccccc1.Cc1ccc(C(C)(C)C)nc1.Cc1ccc(C)c(C)n1.Cc1cccc(-c2cc(-c3ccccc3)cc(-c3ccccc3)c2)c1.Cc1ccccn1.Cc1cccnc1C.Cc1cccnc1C(C)(C)C.Cc1cccnc1C(C)C.Cc1ccnc(C)c1C. The van der Waals surface area contributed by atoms with Gasteiger partial charge in [0.1, 0.15) is 0 Å². The quantitative estimate of drug-likeness (QED) is 0.164. The molecule has 0 bridgehead atoms. The standard InChI is InChI=1S/C25H20.C19H16.2C10H15N.C9H13N.2C8H11N.C7H9N.C6H7N/c1-19-9-8-14-22(15-19)25-17-23(20-10-4-2-5-11-20)16-24(18-25)21-12-6-3-7-13-21;1-15-18(16-9-4-2-5-10-16)13-8-14-19(15)17-11-6-3-7-12-17;1-8-5-6-9(11-7-8)10(2,3)4;1-8-6-5-7-11-9(8)10(2,3)4;1-7(2)9-8(3)5-4-6-10-9;1-6-4-5-9-8(3)7(6)2;1-6-4-5-7(2)9-8(6)3;1-6-4-3-5-8-7(6)2;1-6-4-2-3-5-7-6/h2-18H,1H3;2-14H,1H3;2*5-7H,1-4H3;4-7H,1-3H3;2*4-5H,1-3H3;3-5H,1-2H3;2-5H,1H3. The minimum atomic E-state index is 0.172. The largest absolute Gasteiger partial charge is 0.262 e. The van der Waals surface area contributed by atoms with Gasteiger partial charge in [-0.1, -0.05) is 261 Å². The second-order valence-corrected chi connectivity index (χ2v) is 29.9. The Bertz CT molecular complexity index is 4810. The maximum absolute atomic E-state index is 4.35. The third kappa shape index (κ3) is 29.7. The van der Waals surface area contributed by atoms with Crippen molar-refractivity contribution in [3.05, 3.63) is 400 Å². The van der Waals surface area contributed by atoms with Gasteiger partial charge in [0.25, 0.3) is 0 Å². The van der Waals surface area contributed by atoms with Gasteiger partial charge in [-0.3, -0.25) is 34.9 Å². The summed E-state index contributed by atoms with van der Waals surface area (Å²) >= 11 is 0. The van der Waals surface area contributed by atoms with E-state index in [4.69, 9.17) is 0 Å². The van der Waals surface area contributed by atoms with Crippen molar-refractivity contribution >= 4 is 0 Å². The van der Waals surface area contributed by atoms with Gasteiger partial charge < -0.3 is 0 Å². The van der Waals surface area contributed by atoms with Crippen LogP contribution in [-0.4, -0.2) is 34.9 Å². The van der Waals surface area contributed by atoms with E-state index in [0.717, 1.165) is 34.2 Å². The van der Waals surface area contributed by atoms with Gasteiger partial charge in [0.2, 0.25) is 0 Å². The van der Waals surface area contributed by atoms with Crippen LogP contribution < -0.4 is 0 Å². The molecule has 560 valence electrons. The second-order valence-electron chi connectivity index (χ2n) is 29.9. The normalized spacial score (nSPS) is 10.4. The third-order valence-corrected chi connectivity index (χ3v) is 18.3. The van der Waals surface area contributed by atoms with Crippen molar-refractivity contribution in [3.63, 3.8) is 0 Å². The highest BCUT2D eigenvalue weighted by molar-refractivity contribution is 5.82. The van der Waals surface area contributed by atoms with Crippen LogP contribution >= 0.6 is 0 Å². The molecule has 0 spiro atoms. The van der Waals surface area contributed by atoms with E-state index in [-0.39, 0.29) is 10.8 Å². The van der Waals surface area contributed by atoms with Gasteiger partial charge >= 0.3 is 0 Å². The zero-order valence-electron chi connectivity index (χ0n) is 69.1. The van der Waals surface area contributed by atoms with Crippen molar-refractivity contribution in [1.82, 2.24) is 34.9 Å². The van der Waals surface area contributed by atoms with Gasteiger partial charge in [0.05, 0.1) is 0 Å². The van der Waals surface area contributed by atoms with E-state index < -0.39 is 0 Å². The first kappa shape index (κ1) is 86.5. The summed E-state index contributed by atoms with van der Waals surface area (Å²) in [7, 11) is 0. The van der Waals surface area contributed by atoms with Crippen molar-refractivity contribution in [2.75, 3.05) is 0 Å². The monoisotopic (exact) mass is 1440 g/mol. The summed E-state index contributed by atoms with van der Waals surface area (Å²) in [5.74, 6) is 0.543. The molecule has 0 unspecified atom stereocenters. The Kier molecular flexibility index (Phi) is 34.9. The number of pyridine rings is 7. The molecule has 7 aromatic carbocycles. The van der Waals surface area contributed by atoms with E-state index in [9.17, 15) is 0 Å². The molecule has 0 atom stereocenters. The van der Waals surface area contributed by atoms with E-state index in [0.29, 0.717) is 5.92 Å². The van der Waals surface area contributed by atoms with Crippen LogP contribution in [0.25, 0.3) is 55.6 Å². The fourth-order valence-electron chi connectivity index (χ4n) is 11.5. The molecule has 0 saturated heterocycles. The molecule has 0 aliphatic carbocycles. The summed E-state index contributed by atoms with van der Waals surface area (Å²) in [6.45, 7) is 46.4. The lowest BCUT2D eigenvalue weighted by atomic mass is 9.89. The molecule has 0 fully saturated rings. The highest BCUT2D eigenvalue weighted by Gasteiger charge is 2.17. The molecule has 7 nitrogen and oxygen atoms in total. The highest BCUT2D eigenvalue weighted by Crippen LogP contribution is 2.35. The van der Waals surface area contributed by atoms with E-state index in [1.807, 2.05) is 114 Å². The van der Waals surface area contributed by atoms with Gasteiger partial charge in [-0.05, 0) is 270 Å². The number of aryl methyl sites for hydroxylation is 12. The van der Waals surface area contributed by atoms with Crippen LogP contribution in [0.5, 0.6) is 0 Å². The molecular formula is C102H117N7. The lowest BCUT2D eigenvalue weighted by molar-refractivity contribution is 0.564. The summed E-state index contributed by atoms with van der Waals surface area (Å²) in [5.41, 5.74) is 33.7. The van der Waals surface area contributed by atoms with E-state index in [1.165, 1.54) is 117 Å². The smallest absolute Gasteiger partial charge is 0.0486 e. The van der Waals surface area contributed by atoms with Gasteiger partial charge in [0, 0.05) is 93.6 Å². The zero-order chi connectivity index (χ0) is 79.5. The number of hydrogen-bond acceptors (Lipinski definition) is 7. The molecule has 7 heterocycles. The molecule has 109 heavy (non-hydrogen) atoms. The number of aromatic nitrogens is 7. The number of benzene rings is 7. The first-order valence-corrected chi connectivity index (χ1v) is 37.9. The molecule has 0 N–H and O–H groups in total. The molecule has 0 saturated carbocycles. The Morgan fingerprint density at radius 2 is 0.716 bits per heavy atom. The zero-order valence-corrected chi connectivity index (χ0v) is 69.1. The molecule has 0 aliphatic heterocycles. The van der Waals surface area contributed by atoms with Crippen molar-refractivity contribution < 1.29 is 0 Å². The van der Waals surface area contributed by atoms with Crippen molar-refractivity contribution in [1.29, 1.82) is 0 Å². The topological polar surface area (TPSA) is 90.2 Å². The van der Waals surface area contributed by atoms with Gasteiger partial charge in [0.15, 0.2) is 0 Å². The number of rotatable bonds is 6. The molecule has 0 amide bonds. The van der Waals surface area contributed by atoms with Crippen LogP contribution in [0.15, 0.2) is 304 Å². The molecule has 7 aromatic heterocycles. The van der Waals surface area contributed by atoms with Gasteiger partial charge in [-0.25, -0.2) is 0 Å². The summed E-state index contributed by atoms with van der Waals surface area (Å²) < 4.78 is 0. The van der Waals surface area contributed by atoms with Crippen molar-refractivity contribution in [3.8, 4) is 55.6 Å². The van der Waals surface area contributed by atoms with Crippen LogP contribution in [0.2, 0.25) is 0 Å². The minimum Gasteiger partial charge on any atom is -0.262 e. The summed E-state index contributed by atoms with van der Waals surface area (Å²) in [6.07, 6.45) is 11.1. The first-order chi connectivity index (χ1) is 52.0. The van der Waals surface area contributed by atoms with E-state index in [2.05, 4.69) is 371 Å². The Morgan fingerprint density at radius 1 is 0.257 bits per heavy atom. The van der Waals surface area contributed by atoms with Crippen molar-refractivity contribution in [2.24, 2.45) is 0 Å². The molecule has 0 radical (unpaired) electrons. The molecule has 7 heteroatoms. The average Bonchev–Trinajstić information content (AvgIpc) is 0.846. The maximum Gasteiger partial charge on any atom is 0.0486 e. The predicted molar refractivity (Wildman–Crippen MR) is 468 cm³/mol. The summed E-state index contributed by atoms with van der Waals surface area (Å²) in [4.78, 5) is 29.4. The van der Waals surface area contributed by atoms with Crippen LogP contribution in [0, 0.1) is 96.9 Å².